The van der Waals surface area contributed by atoms with Gasteiger partial charge in [-0.05, 0) is 30.7 Å². The molecule has 0 aliphatic heterocycles. The van der Waals surface area contributed by atoms with Gasteiger partial charge in [0.1, 0.15) is 24.3 Å². The van der Waals surface area contributed by atoms with Gasteiger partial charge in [-0.1, -0.05) is 23.7 Å². The maximum absolute atomic E-state index is 12.7. The van der Waals surface area contributed by atoms with Crippen LogP contribution in [0.4, 0.5) is 0 Å². The van der Waals surface area contributed by atoms with E-state index in [-0.39, 0.29) is 24.7 Å². The van der Waals surface area contributed by atoms with Crippen LogP contribution in [0.15, 0.2) is 45.9 Å². The highest BCUT2D eigenvalue weighted by Crippen LogP contribution is 2.12. The third kappa shape index (κ3) is 4.02. The summed E-state index contributed by atoms with van der Waals surface area (Å²) in [7, 11) is 0. The zero-order chi connectivity index (χ0) is 18.5. The van der Waals surface area contributed by atoms with Gasteiger partial charge < -0.3 is 9.84 Å². The van der Waals surface area contributed by atoms with Crippen LogP contribution >= 0.6 is 11.6 Å². The molecule has 0 spiro atoms. The number of aromatic nitrogens is 4. The molecule has 0 radical (unpaired) electrons. The van der Waals surface area contributed by atoms with E-state index >= 15 is 0 Å². The molecule has 0 aliphatic carbocycles. The van der Waals surface area contributed by atoms with Crippen molar-refractivity contribution in [2.24, 2.45) is 0 Å². The summed E-state index contributed by atoms with van der Waals surface area (Å²) in [6, 6.07) is 8.45. The van der Waals surface area contributed by atoms with Crippen LogP contribution < -0.4 is 11.0 Å². The second kappa shape index (κ2) is 8.01. The maximum atomic E-state index is 12.7. The normalized spacial score (nSPS) is 10.8. The summed E-state index contributed by atoms with van der Waals surface area (Å²) >= 11 is 5.89. The van der Waals surface area contributed by atoms with Crippen molar-refractivity contribution in [3.63, 3.8) is 0 Å². The largest absolute Gasteiger partial charge is 0.364 e. The Morgan fingerprint density at radius 1 is 1.27 bits per heavy atom. The summed E-state index contributed by atoms with van der Waals surface area (Å²) < 4.78 is 7.39. The van der Waals surface area contributed by atoms with E-state index in [1.807, 2.05) is 6.92 Å². The molecule has 2 aromatic heterocycles. The van der Waals surface area contributed by atoms with Crippen molar-refractivity contribution < 1.29 is 9.32 Å². The zero-order valence-corrected chi connectivity index (χ0v) is 14.9. The minimum absolute atomic E-state index is 0.112. The molecule has 2 heterocycles. The Kier molecular flexibility index (Phi) is 5.52. The molecule has 0 saturated carbocycles. The van der Waals surface area contributed by atoms with Crippen molar-refractivity contribution in [1.29, 1.82) is 0 Å². The third-order valence-electron chi connectivity index (χ3n) is 3.74. The number of nitrogens with one attached hydrogen (secondary N) is 1. The van der Waals surface area contributed by atoms with Crippen LogP contribution in [0.25, 0.3) is 5.69 Å². The Hall–Kier alpha value is -2.87. The van der Waals surface area contributed by atoms with Gasteiger partial charge in [0.25, 0.3) is 0 Å². The van der Waals surface area contributed by atoms with Gasteiger partial charge in [-0.25, -0.2) is 4.79 Å². The van der Waals surface area contributed by atoms with E-state index in [0.29, 0.717) is 28.6 Å². The summed E-state index contributed by atoms with van der Waals surface area (Å²) in [4.78, 5) is 25.0. The maximum Gasteiger partial charge on any atom is 0.351 e. The molecule has 136 valence electrons. The lowest BCUT2D eigenvalue weighted by molar-refractivity contribution is -0.121. The number of hydrogen-bond acceptors (Lipinski definition) is 5. The molecular formula is C17H18ClN5O3. The molecular weight excluding hydrogens is 358 g/mol. The summed E-state index contributed by atoms with van der Waals surface area (Å²) in [5, 5.41) is 11.4. The van der Waals surface area contributed by atoms with Crippen molar-refractivity contribution in [2.45, 2.75) is 32.9 Å². The monoisotopic (exact) mass is 375 g/mol. The van der Waals surface area contributed by atoms with Crippen molar-refractivity contribution in [3.8, 4) is 5.69 Å². The van der Waals surface area contributed by atoms with Crippen molar-refractivity contribution >= 4 is 17.5 Å². The number of rotatable bonds is 7. The predicted molar refractivity (Wildman–Crippen MR) is 95.2 cm³/mol. The van der Waals surface area contributed by atoms with Crippen LogP contribution in [0, 0.1) is 0 Å². The molecule has 1 N–H and O–H groups in total. The lowest BCUT2D eigenvalue weighted by atomic mass is 10.3. The minimum Gasteiger partial charge on any atom is -0.364 e. The molecule has 0 unspecified atom stereocenters. The second-order valence-electron chi connectivity index (χ2n) is 5.69. The molecule has 0 aliphatic rings. The Morgan fingerprint density at radius 3 is 2.69 bits per heavy atom. The summed E-state index contributed by atoms with van der Waals surface area (Å²) in [5.41, 5.74) is 0.835. The summed E-state index contributed by atoms with van der Waals surface area (Å²) in [6.45, 7) is 2.11. The second-order valence-corrected chi connectivity index (χ2v) is 6.13. The molecule has 0 fully saturated rings. The molecule has 9 heteroatoms. The number of amides is 1. The van der Waals surface area contributed by atoms with Crippen LogP contribution in [-0.4, -0.2) is 25.4 Å². The van der Waals surface area contributed by atoms with Crippen molar-refractivity contribution in [1.82, 2.24) is 24.8 Å². The number of aryl methyl sites for hydroxylation is 1. The first-order valence-corrected chi connectivity index (χ1v) is 8.57. The van der Waals surface area contributed by atoms with Gasteiger partial charge >= 0.3 is 5.69 Å². The summed E-state index contributed by atoms with van der Waals surface area (Å²) in [6.07, 6.45) is 2.82. The predicted octanol–water partition coefficient (Wildman–Crippen LogP) is 1.94. The molecule has 1 amide bonds. The number of nitrogens with zero attached hydrogens (tertiary/aromatic N) is 4. The number of carbonyl (C=O) groups excluding carboxylic acids is 1. The fraction of sp³-hybridized carbons (Fsp3) is 0.294. The fourth-order valence-corrected chi connectivity index (χ4v) is 2.60. The minimum atomic E-state index is -0.368. The summed E-state index contributed by atoms with van der Waals surface area (Å²) in [5.74, 6) is 0.257. The topological polar surface area (TPSA) is 95.0 Å². The van der Waals surface area contributed by atoms with Gasteiger partial charge in [0, 0.05) is 17.5 Å². The molecule has 3 aromatic rings. The smallest absolute Gasteiger partial charge is 0.351 e. The quantitative estimate of drug-likeness (QED) is 0.681. The van der Waals surface area contributed by atoms with Gasteiger partial charge in [-0.2, -0.15) is 4.68 Å². The van der Waals surface area contributed by atoms with Gasteiger partial charge in [0.05, 0.1) is 12.2 Å². The average Bonchev–Trinajstić information content (AvgIpc) is 3.25. The SMILES string of the molecule is CCCc1nn(-c2ccc(Cl)cc2)c(=O)n1CC(=O)NCc1ccon1. The molecule has 0 bridgehead atoms. The van der Waals surface area contributed by atoms with E-state index in [9.17, 15) is 9.59 Å². The Bertz CT molecular complexity index is 928. The van der Waals surface area contributed by atoms with Gasteiger partial charge in [0.15, 0.2) is 0 Å². The first-order valence-electron chi connectivity index (χ1n) is 8.19. The van der Waals surface area contributed by atoms with Crippen LogP contribution in [0.1, 0.15) is 24.9 Å². The van der Waals surface area contributed by atoms with Gasteiger partial charge in [-0.3, -0.25) is 9.36 Å². The van der Waals surface area contributed by atoms with Crippen LogP contribution in [-0.2, 0) is 24.3 Å². The fourth-order valence-electron chi connectivity index (χ4n) is 2.47. The molecule has 1 aromatic carbocycles. The highest BCUT2D eigenvalue weighted by atomic mass is 35.5. The van der Waals surface area contributed by atoms with E-state index in [2.05, 4.69) is 15.6 Å². The molecule has 0 saturated heterocycles. The van der Waals surface area contributed by atoms with Crippen molar-refractivity contribution in [3.05, 3.63) is 63.6 Å². The van der Waals surface area contributed by atoms with Crippen LogP contribution in [0.2, 0.25) is 5.02 Å². The van der Waals surface area contributed by atoms with E-state index in [0.717, 1.165) is 6.42 Å². The van der Waals surface area contributed by atoms with Gasteiger partial charge in [-0.15, -0.1) is 5.10 Å². The lowest BCUT2D eigenvalue weighted by Gasteiger charge is -2.05. The number of hydrogen-bond donors (Lipinski definition) is 1. The van der Waals surface area contributed by atoms with Crippen LogP contribution in [0.5, 0.6) is 0 Å². The zero-order valence-electron chi connectivity index (χ0n) is 14.2. The molecule has 3 rings (SSSR count). The Morgan fingerprint density at radius 2 is 2.04 bits per heavy atom. The van der Waals surface area contributed by atoms with E-state index in [1.165, 1.54) is 15.5 Å². The molecule has 26 heavy (non-hydrogen) atoms. The van der Waals surface area contributed by atoms with E-state index in [1.54, 1.807) is 30.3 Å². The third-order valence-corrected chi connectivity index (χ3v) is 4.00. The Labute approximate surface area is 154 Å². The van der Waals surface area contributed by atoms with Crippen LogP contribution in [0.3, 0.4) is 0 Å². The van der Waals surface area contributed by atoms with Crippen molar-refractivity contribution in [2.75, 3.05) is 0 Å². The van der Waals surface area contributed by atoms with Gasteiger partial charge in [0.2, 0.25) is 5.91 Å². The lowest BCUT2D eigenvalue weighted by Crippen LogP contribution is -2.33. The molecule has 0 atom stereocenters. The number of carbonyl (C=O) groups is 1. The first-order chi connectivity index (χ1) is 12.6. The highest BCUT2D eigenvalue weighted by molar-refractivity contribution is 6.30. The Balaban J connectivity index is 1.82. The standard InChI is InChI=1S/C17H18ClN5O3/c1-2-3-15-20-23(14-6-4-12(18)5-7-14)17(25)22(15)11-16(24)19-10-13-8-9-26-21-13/h4-9H,2-3,10-11H2,1H3,(H,19,24). The number of halogens is 1. The first kappa shape index (κ1) is 17.9. The van der Waals surface area contributed by atoms with E-state index in [4.69, 9.17) is 16.1 Å². The molecule has 8 nitrogen and oxygen atoms in total. The average molecular weight is 376 g/mol. The number of benzene rings is 1. The highest BCUT2D eigenvalue weighted by Gasteiger charge is 2.16. The van der Waals surface area contributed by atoms with E-state index < -0.39 is 0 Å².